The summed E-state index contributed by atoms with van der Waals surface area (Å²) in [5.41, 5.74) is -0.0175. The van der Waals surface area contributed by atoms with Crippen LogP contribution < -0.4 is 5.32 Å². The second-order valence-electron chi connectivity index (χ2n) is 7.62. The van der Waals surface area contributed by atoms with E-state index in [1.165, 1.54) is 19.3 Å². The molecule has 0 aliphatic carbocycles. The number of rotatable bonds is 5. The molecule has 0 aromatic rings. The molecule has 0 bridgehead atoms. The van der Waals surface area contributed by atoms with Crippen LogP contribution in [0, 0.1) is 0 Å². The zero-order valence-electron chi connectivity index (χ0n) is 14.9. The van der Waals surface area contributed by atoms with Crippen LogP contribution in [-0.2, 0) is 9.59 Å². The second-order valence-corrected chi connectivity index (χ2v) is 7.62. The first kappa shape index (κ1) is 18.2. The predicted molar refractivity (Wildman–Crippen MR) is 92.2 cm³/mol. The van der Waals surface area contributed by atoms with Gasteiger partial charge in [0.2, 0.25) is 11.8 Å². The van der Waals surface area contributed by atoms with Gasteiger partial charge in [-0.25, -0.2) is 0 Å². The Morgan fingerprint density at radius 2 is 1.61 bits per heavy atom. The van der Waals surface area contributed by atoms with Crippen LogP contribution in [0.4, 0.5) is 0 Å². The van der Waals surface area contributed by atoms with E-state index >= 15 is 0 Å². The Hall–Kier alpha value is -1.10. The lowest BCUT2D eigenvalue weighted by Gasteiger charge is -2.41. The molecule has 0 unspecified atom stereocenters. The van der Waals surface area contributed by atoms with E-state index in [1.807, 2.05) is 0 Å². The summed E-state index contributed by atoms with van der Waals surface area (Å²) >= 11 is 0. The molecule has 5 heteroatoms. The molecule has 0 radical (unpaired) electrons. The Bertz CT molecular complexity index is 403. The lowest BCUT2D eigenvalue weighted by Crippen LogP contribution is -2.54. The minimum Gasteiger partial charge on any atom is -0.353 e. The van der Waals surface area contributed by atoms with Gasteiger partial charge in [-0.15, -0.1) is 0 Å². The van der Waals surface area contributed by atoms with Gasteiger partial charge in [0.25, 0.3) is 0 Å². The van der Waals surface area contributed by atoms with Crippen molar-refractivity contribution >= 4 is 11.8 Å². The molecule has 1 N–H and O–H groups in total. The van der Waals surface area contributed by atoms with E-state index in [9.17, 15) is 9.59 Å². The van der Waals surface area contributed by atoms with Gasteiger partial charge in [-0.2, -0.15) is 0 Å². The Labute approximate surface area is 140 Å². The van der Waals surface area contributed by atoms with Crippen molar-refractivity contribution in [2.24, 2.45) is 0 Å². The largest absolute Gasteiger partial charge is 0.353 e. The van der Waals surface area contributed by atoms with E-state index in [4.69, 9.17) is 0 Å². The van der Waals surface area contributed by atoms with Gasteiger partial charge in [0, 0.05) is 25.0 Å². The monoisotopic (exact) mass is 323 g/mol. The van der Waals surface area contributed by atoms with E-state index < -0.39 is 0 Å². The van der Waals surface area contributed by atoms with Crippen LogP contribution >= 0.6 is 0 Å². The van der Waals surface area contributed by atoms with Crippen LogP contribution in [0.1, 0.15) is 65.2 Å². The molecule has 2 heterocycles. The number of piperidine rings is 1. The Kier molecular flexibility index (Phi) is 6.88. The van der Waals surface area contributed by atoms with Crippen molar-refractivity contribution in [1.82, 2.24) is 15.1 Å². The number of carbonyl (C=O) groups is 2. The molecule has 0 saturated carbocycles. The lowest BCUT2D eigenvalue weighted by atomic mass is 9.98. The Balaban J connectivity index is 1.77. The molecule has 0 atom stereocenters. The Morgan fingerprint density at radius 3 is 2.35 bits per heavy atom. The highest BCUT2D eigenvalue weighted by Gasteiger charge is 2.28. The average molecular weight is 323 g/mol. The minimum atomic E-state index is -0.0241. The third-order valence-electron chi connectivity index (χ3n) is 5.19. The predicted octanol–water partition coefficient (Wildman–Crippen LogP) is 2.16. The molecule has 2 fully saturated rings. The van der Waals surface area contributed by atoms with Crippen LogP contribution in [-0.4, -0.2) is 59.9 Å². The maximum absolute atomic E-state index is 12.3. The quantitative estimate of drug-likeness (QED) is 0.843. The zero-order valence-corrected chi connectivity index (χ0v) is 14.9. The third-order valence-corrected chi connectivity index (χ3v) is 5.19. The summed E-state index contributed by atoms with van der Waals surface area (Å²) in [4.78, 5) is 28.6. The summed E-state index contributed by atoms with van der Waals surface area (Å²) < 4.78 is 0. The van der Waals surface area contributed by atoms with Gasteiger partial charge >= 0.3 is 0 Å². The van der Waals surface area contributed by atoms with Crippen molar-refractivity contribution in [3.63, 3.8) is 0 Å². The molecule has 2 aliphatic heterocycles. The normalized spacial score (nSPS) is 21.7. The summed E-state index contributed by atoms with van der Waals surface area (Å²) in [5, 5.41) is 3.05. The molecule has 2 amide bonds. The molecule has 5 nitrogen and oxygen atoms in total. The molecule has 2 aliphatic rings. The molecule has 0 spiro atoms. The summed E-state index contributed by atoms with van der Waals surface area (Å²) in [5.74, 6) is 0.110. The smallest absolute Gasteiger partial charge is 0.239 e. The van der Waals surface area contributed by atoms with Gasteiger partial charge in [-0.3, -0.25) is 14.5 Å². The second kappa shape index (κ2) is 8.67. The number of carbonyl (C=O) groups excluding carboxylic acids is 2. The number of hydrogen-bond acceptors (Lipinski definition) is 3. The average Bonchev–Trinajstić information content (AvgIpc) is 2.54. The number of likely N-dealkylation sites (tertiary alicyclic amines) is 2. The summed E-state index contributed by atoms with van der Waals surface area (Å²) in [6.07, 6.45) is 8.67. The summed E-state index contributed by atoms with van der Waals surface area (Å²) in [6, 6.07) is 0. The molecule has 2 saturated heterocycles. The summed E-state index contributed by atoms with van der Waals surface area (Å²) in [7, 11) is 0. The van der Waals surface area contributed by atoms with Crippen LogP contribution in [0.25, 0.3) is 0 Å². The zero-order chi connectivity index (χ0) is 16.7. The van der Waals surface area contributed by atoms with Crippen LogP contribution in [0.15, 0.2) is 0 Å². The van der Waals surface area contributed by atoms with Crippen molar-refractivity contribution < 1.29 is 9.59 Å². The highest BCUT2D eigenvalue weighted by molar-refractivity contribution is 5.84. The highest BCUT2D eigenvalue weighted by atomic mass is 16.2. The first-order chi connectivity index (χ1) is 11.0. The van der Waals surface area contributed by atoms with E-state index in [-0.39, 0.29) is 23.9 Å². The number of hydrogen-bond donors (Lipinski definition) is 1. The maximum atomic E-state index is 12.3. The van der Waals surface area contributed by atoms with Gasteiger partial charge in [0.05, 0.1) is 6.54 Å². The van der Waals surface area contributed by atoms with Gasteiger partial charge < -0.3 is 10.2 Å². The molecular formula is C18H33N3O2. The Morgan fingerprint density at radius 1 is 1.00 bits per heavy atom. The van der Waals surface area contributed by atoms with Crippen LogP contribution in [0.5, 0.6) is 0 Å². The molecular weight excluding hydrogens is 290 g/mol. The van der Waals surface area contributed by atoms with Crippen LogP contribution in [0.3, 0.4) is 0 Å². The van der Waals surface area contributed by atoms with Crippen molar-refractivity contribution in [3.8, 4) is 0 Å². The molecule has 23 heavy (non-hydrogen) atoms. The highest BCUT2D eigenvalue weighted by Crippen LogP contribution is 2.19. The molecule has 0 aromatic carbocycles. The fourth-order valence-electron chi connectivity index (χ4n) is 3.54. The molecule has 132 valence electrons. The van der Waals surface area contributed by atoms with Gasteiger partial charge in [-0.1, -0.05) is 19.3 Å². The third kappa shape index (κ3) is 5.79. The van der Waals surface area contributed by atoms with Gasteiger partial charge in [0.1, 0.15) is 0 Å². The lowest BCUT2D eigenvalue weighted by molar-refractivity contribution is -0.136. The minimum absolute atomic E-state index is 0.0175. The summed E-state index contributed by atoms with van der Waals surface area (Å²) in [6.45, 7) is 8.21. The first-order valence-electron chi connectivity index (χ1n) is 9.28. The van der Waals surface area contributed by atoms with Gasteiger partial charge in [0.15, 0.2) is 0 Å². The fraction of sp³-hybridized carbons (Fsp3) is 0.889. The molecule has 0 aromatic heterocycles. The van der Waals surface area contributed by atoms with Crippen molar-refractivity contribution in [2.75, 3.05) is 32.7 Å². The van der Waals surface area contributed by atoms with Crippen molar-refractivity contribution in [2.45, 2.75) is 70.8 Å². The standard InChI is InChI=1S/C18H33N3O2/c1-18(2,21-12-8-5-9-13-21)15-19-16(22)14-20-11-7-4-3-6-10-17(20)23/h3-15H2,1-2H3,(H,19,22). The van der Waals surface area contributed by atoms with Crippen molar-refractivity contribution in [1.29, 1.82) is 0 Å². The SMILES string of the molecule is CC(C)(CNC(=O)CN1CCCCCCC1=O)N1CCCCC1. The van der Waals surface area contributed by atoms with Gasteiger partial charge in [-0.05, 0) is 52.6 Å². The molecule has 2 rings (SSSR count). The topological polar surface area (TPSA) is 52.7 Å². The van der Waals surface area contributed by atoms with E-state index in [2.05, 4.69) is 24.1 Å². The first-order valence-corrected chi connectivity index (χ1v) is 9.28. The van der Waals surface area contributed by atoms with E-state index in [0.29, 0.717) is 13.0 Å². The maximum Gasteiger partial charge on any atom is 0.239 e. The number of nitrogens with one attached hydrogen (secondary N) is 1. The van der Waals surface area contributed by atoms with E-state index in [1.54, 1.807) is 4.90 Å². The fourth-order valence-corrected chi connectivity index (χ4v) is 3.54. The van der Waals surface area contributed by atoms with Crippen LogP contribution in [0.2, 0.25) is 0 Å². The van der Waals surface area contributed by atoms with E-state index in [0.717, 1.165) is 45.3 Å². The van der Waals surface area contributed by atoms with Crippen molar-refractivity contribution in [3.05, 3.63) is 0 Å². The number of nitrogens with zero attached hydrogens (tertiary/aromatic N) is 2. The number of amides is 2.